The van der Waals surface area contributed by atoms with Gasteiger partial charge in [0.1, 0.15) is 10.5 Å². The quantitative estimate of drug-likeness (QED) is 0.841. The lowest BCUT2D eigenvalue weighted by Gasteiger charge is -2.18. The molecule has 0 radical (unpaired) electrons. The second-order valence-electron chi connectivity index (χ2n) is 5.55. The normalized spacial score (nSPS) is 11.4. The smallest absolute Gasteiger partial charge is 0.174 e. The number of aromatic amines is 1. The molecular weight excluding hydrogens is 275 g/mol. The van der Waals surface area contributed by atoms with Gasteiger partial charge in [0.15, 0.2) is 11.6 Å². The molecule has 0 aliphatic carbocycles. The summed E-state index contributed by atoms with van der Waals surface area (Å²) in [7, 11) is 1.44. The summed E-state index contributed by atoms with van der Waals surface area (Å²) in [5, 5.41) is 0. The number of rotatable bonds is 2. The summed E-state index contributed by atoms with van der Waals surface area (Å²) in [6.07, 6.45) is 0. The number of H-pyrrole nitrogens is 1. The van der Waals surface area contributed by atoms with Gasteiger partial charge in [0.05, 0.1) is 12.8 Å². The zero-order valence-corrected chi connectivity index (χ0v) is 12.8. The Labute approximate surface area is 122 Å². The molecule has 3 nitrogen and oxygen atoms in total. The molecule has 0 saturated heterocycles. The van der Waals surface area contributed by atoms with Crippen molar-refractivity contribution in [3.63, 3.8) is 0 Å². The van der Waals surface area contributed by atoms with Gasteiger partial charge >= 0.3 is 0 Å². The summed E-state index contributed by atoms with van der Waals surface area (Å²) in [6, 6.07) is 6.66. The Morgan fingerprint density at radius 3 is 2.60 bits per heavy atom. The molecule has 0 amide bonds. The fraction of sp³-hybridized carbons (Fsp3) is 0.333. The molecule has 1 aromatic carbocycles. The van der Waals surface area contributed by atoms with E-state index in [1.807, 2.05) is 20.8 Å². The number of halogens is 1. The van der Waals surface area contributed by atoms with Crippen molar-refractivity contribution < 1.29 is 9.13 Å². The van der Waals surface area contributed by atoms with Gasteiger partial charge in [0.2, 0.25) is 0 Å². The van der Waals surface area contributed by atoms with Gasteiger partial charge in [0, 0.05) is 11.0 Å². The third-order valence-corrected chi connectivity index (χ3v) is 3.14. The van der Waals surface area contributed by atoms with Gasteiger partial charge in [-0.25, -0.2) is 9.37 Å². The molecular formula is C15H17FN2OS. The standard InChI is InChI=1S/C15H17FN2OS/c1-15(2,3)14-17-10(8-12(20)18-14)9-6-5-7-11(19-4)13(9)16/h5-8H,1-4H3,(H,17,18,20). The van der Waals surface area contributed by atoms with Crippen LogP contribution in [0.5, 0.6) is 5.75 Å². The number of nitrogens with one attached hydrogen (secondary N) is 1. The van der Waals surface area contributed by atoms with Crippen molar-refractivity contribution in [1.29, 1.82) is 0 Å². The van der Waals surface area contributed by atoms with Crippen LogP contribution >= 0.6 is 12.2 Å². The summed E-state index contributed by atoms with van der Waals surface area (Å²) in [6.45, 7) is 6.06. The molecule has 1 N–H and O–H groups in total. The predicted molar refractivity (Wildman–Crippen MR) is 80.1 cm³/mol. The van der Waals surface area contributed by atoms with E-state index >= 15 is 0 Å². The van der Waals surface area contributed by atoms with Gasteiger partial charge in [-0.2, -0.15) is 0 Å². The molecule has 0 fully saturated rings. The van der Waals surface area contributed by atoms with Crippen LogP contribution in [-0.4, -0.2) is 17.1 Å². The number of aromatic nitrogens is 2. The maximum Gasteiger partial charge on any atom is 0.174 e. The van der Waals surface area contributed by atoms with Crippen molar-refractivity contribution in [1.82, 2.24) is 9.97 Å². The summed E-state index contributed by atoms with van der Waals surface area (Å²) in [5.74, 6) is 0.518. The highest BCUT2D eigenvalue weighted by molar-refractivity contribution is 7.71. The average molecular weight is 292 g/mol. The van der Waals surface area contributed by atoms with Crippen LogP contribution < -0.4 is 4.74 Å². The van der Waals surface area contributed by atoms with Crippen LogP contribution in [0.25, 0.3) is 11.3 Å². The fourth-order valence-corrected chi connectivity index (χ4v) is 2.04. The lowest BCUT2D eigenvalue weighted by atomic mass is 9.95. The number of methoxy groups -OCH3 is 1. The molecule has 2 rings (SSSR count). The third-order valence-electron chi connectivity index (χ3n) is 2.93. The molecule has 5 heteroatoms. The van der Waals surface area contributed by atoms with Crippen molar-refractivity contribution >= 4 is 12.2 Å². The number of benzene rings is 1. The van der Waals surface area contributed by atoms with E-state index in [0.717, 1.165) is 5.82 Å². The average Bonchev–Trinajstić information content (AvgIpc) is 2.37. The zero-order valence-electron chi connectivity index (χ0n) is 12.0. The lowest BCUT2D eigenvalue weighted by Crippen LogP contribution is -2.16. The van der Waals surface area contributed by atoms with Gasteiger partial charge in [-0.3, -0.25) is 0 Å². The van der Waals surface area contributed by atoms with Crippen LogP contribution in [0.3, 0.4) is 0 Å². The summed E-state index contributed by atoms with van der Waals surface area (Å²) >= 11 is 5.18. The highest BCUT2D eigenvalue weighted by Crippen LogP contribution is 2.29. The Balaban J connectivity index is 2.65. The summed E-state index contributed by atoms with van der Waals surface area (Å²) in [5.41, 5.74) is 0.827. The van der Waals surface area contributed by atoms with E-state index in [1.165, 1.54) is 7.11 Å². The first-order valence-electron chi connectivity index (χ1n) is 6.27. The number of hydrogen-bond acceptors (Lipinski definition) is 3. The largest absolute Gasteiger partial charge is 0.494 e. The van der Waals surface area contributed by atoms with E-state index < -0.39 is 5.82 Å². The van der Waals surface area contributed by atoms with Gasteiger partial charge in [0.25, 0.3) is 0 Å². The second kappa shape index (κ2) is 5.32. The zero-order chi connectivity index (χ0) is 14.9. The Kier molecular flexibility index (Phi) is 3.90. The molecule has 106 valence electrons. The van der Waals surface area contributed by atoms with Crippen molar-refractivity contribution in [2.45, 2.75) is 26.2 Å². The minimum Gasteiger partial charge on any atom is -0.494 e. The molecule has 0 saturated carbocycles. The first-order valence-corrected chi connectivity index (χ1v) is 6.68. The second-order valence-corrected chi connectivity index (χ2v) is 5.97. The minimum absolute atomic E-state index is 0.196. The van der Waals surface area contributed by atoms with Crippen molar-refractivity contribution in [3.05, 3.63) is 40.5 Å². The van der Waals surface area contributed by atoms with E-state index in [2.05, 4.69) is 9.97 Å². The van der Waals surface area contributed by atoms with Gasteiger partial charge < -0.3 is 9.72 Å². The van der Waals surface area contributed by atoms with Crippen LogP contribution in [0.15, 0.2) is 24.3 Å². The van der Waals surface area contributed by atoms with E-state index in [-0.39, 0.29) is 11.2 Å². The van der Waals surface area contributed by atoms with Gasteiger partial charge in [-0.1, -0.05) is 39.1 Å². The van der Waals surface area contributed by atoms with Gasteiger partial charge in [-0.05, 0) is 18.2 Å². The van der Waals surface area contributed by atoms with Crippen molar-refractivity contribution in [2.24, 2.45) is 0 Å². The predicted octanol–water partition coefficient (Wildman–Crippen LogP) is 4.25. The number of ether oxygens (including phenoxy) is 1. The van der Waals surface area contributed by atoms with Crippen LogP contribution in [0.1, 0.15) is 26.6 Å². The minimum atomic E-state index is -0.410. The number of nitrogens with zero attached hydrogens (tertiary/aromatic N) is 1. The Morgan fingerprint density at radius 1 is 1.30 bits per heavy atom. The molecule has 0 aliphatic rings. The highest BCUT2D eigenvalue weighted by atomic mass is 32.1. The molecule has 0 aliphatic heterocycles. The first-order chi connectivity index (χ1) is 9.32. The lowest BCUT2D eigenvalue weighted by molar-refractivity contribution is 0.387. The Morgan fingerprint density at radius 2 is 2.00 bits per heavy atom. The third kappa shape index (κ3) is 2.88. The Hall–Kier alpha value is -1.75. The molecule has 20 heavy (non-hydrogen) atoms. The van der Waals surface area contributed by atoms with E-state index in [0.29, 0.717) is 15.9 Å². The van der Waals surface area contributed by atoms with Gasteiger partial charge in [-0.15, -0.1) is 0 Å². The maximum atomic E-state index is 14.3. The first kappa shape index (κ1) is 14.7. The van der Waals surface area contributed by atoms with E-state index in [4.69, 9.17) is 17.0 Å². The topological polar surface area (TPSA) is 37.9 Å². The Bertz CT molecular complexity index is 689. The van der Waals surface area contributed by atoms with Crippen LogP contribution in [0.2, 0.25) is 0 Å². The van der Waals surface area contributed by atoms with E-state index in [9.17, 15) is 4.39 Å². The van der Waals surface area contributed by atoms with Crippen LogP contribution in [-0.2, 0) is 5.41 Å². The van der Waals surface area contributed by atoms with Crippen molar-refractivity contribution in [3.8, 4) is 17.0 Å². The highest BCUT2D eigenvalue weighted by Gasteiger charge is 2.18. The van der Waals surface area contributed by atoms with Crippen LogP contribution in [0, 0.1) is 10.5 Å². The SMILES string of the molecule is COc1cccc(-c2cc(=S)nc(C(C)(C)C)[nH]2)c1F. The maximum absolute atomic E-state index is 14.3. The molecule has 2 aromatic rings. The van der Waals surface area contributed by atoms with Crippen LogP contribution in [0.4, 0.5) is 4.39 Å². The number of hydrogen-bond donors (Lipinski definition) is 1. The molecule has 1 heterocycles. The summed E-state index contributed by atoms with van der Waals surface area (Å²) in [4.78, 5) is 7.47. The van der Waals surface area contributed by atoms with Crippen molar-refractivity contribution in [2.75, 3.05) is 7.11 Å². The molecule has 0 bridgehead atoms. The van der Waals surface area contributed by atoms with E-state index in [1.54, 1.807) is 24.3 Å². The molecule has 1 aromatic heterocycles. The summed E-state index contributed by atoms with van der Waals surface area (Å²) < 4.78 is 19.8. The monoisotopic (exact) mass is 292 g/mol. The molecule has 0 unspecified atom stereocenters. The fourth-order valence-electron chi connectivity index (χ4n) is 1.83. The molecule has 0 spiro atoms. The molecule has 0 atom stereocenters.